The summed E-state index contributed by atoms with van der Waals surface area (Å²) in [7, 11) is 0. The molecule has 3 nitrogen and oxygen atoms in total. The van der Waals surface area contributed by atoms with Crippen LogP contribution >= 0.6 is 0 Å². The van der Waals surface area contributed by atoms with Crippen LogP contribution in [-0.4, -0.2) is 19.8 Å². The first kappa shape index (κ1) is 9.10. The molecule has 0 aliphatic rings. The van der Waals surface area contributed by atoms with Gasteiger partial charge in [-0.3, -0.25) is 0 Å². The average Bonchev–Trinajstić information content (AvgIpc) is 2.04. The van der Waals surface area contributed by atoms with E-state index in [0.29, 0.717) is 4.46 Å². The van der Waals surface area contributed by atoms with E-state index in [1.165, 1.54) is 11.9 Å². The fraction of sp³-hybridized carbons (Fsp3) is 0.125. The topological polar surface area (TPSA) is 57.2 Å². The number of benzene rings is 1. The van der Waals surface area contributed by atoms with E-state index in [4.69, 9.17) is 0 Å². The van der Waals surface area contributed by atoms with Crippen LogP contribution in [0, 0.1) is 0 Å². The molecule has 0 aliphatic carbocycles. The van der Waals surface area contributed by atoms with Crippen molar-refractivity contribution in [1.82, 2.24) is 0 Å². The first-order valence-electron chi connectivity index (χ1n) is 3.26. The Labute approximate surface area is 74.1 Å². The quantitative estimate of drug-likeness (QED) is 0.632. The van der Waals surface area contributed by atoms with Crippen LogP contribution in [0.1, 0.15) is 10.4 Å². The van der Waals surface area contributed by atoms with Crippen LogP contribution in [0.4, 0.5) is 0 Å². The van der Waals surface area contributed by atoms with E-state index in [-0.39, 0.29) is 5.56 Å². The number of rotatable bonds is 2. The average molecular weight is 230 g/mol. The second-order valence-electron chi connectivity index (χ2n) is 2.24. The maximum absolute atomic E-state index is 11.1. The maximum atomic E-state index is 11.1. The molecule has 0 fully saturated rings. The molecule has 12 heavy (non-hydrogen) atoms. The normalized spacial score (nSPS) is 12.4. The van der Waals surface area contributed by atoms with Gasteiger partial charge in [0.1, 0.15) is 0 Å². The number of aromatic carboxylic acids is 1. The summed E-state index contributed by atoms with van der Waals surface area (Å²) < 4.78 is 11.5. The van der Waals surface area contributed by atoms with E-state index >= 15 is 0 Å². The van der Waals surface area contributed by atoms with Gasteiger partial charge in [-0.2, -0.15) is 0 Å². The number of hydrogen-bond donors (Lipinski definition) is 0. The monoisotopic (exact) mass is 231 g/mol. The van der Waals surface area contributed by atoms with Crippen LogP contribution in [0.25, 0.3) is 0 Å². The van der Waals surface area contributed by atoms with Gasteiger partial charge in [0.15, 0.2) is 0 Å². The zero-order valence-electron chi connectivity index (χ0n) is 6.44. The Kier molecular flexibility index (Phi) is 2.73. The minimum absolute atomic E-state index is 0.0417. The van der Waals surface area contributed by atoms with Gasteiger partial charge in [0.2, 0.25) is 0 Å². The van der Waals surface area contributed by atoms with Gasteiger partial charge in [0, 0.05) is 0 Å². The standard InChI is InChI=1S/C8H8O3Se/c1-12(11)7-5-3-2-4-6(7)8(9)10/h2-5H,1H3,(H,9,10)/p-1. The van der Waals surface area contributed by atoms with Crippen molar-refractivity contribution in [2.24, 2.45) is 0 Å². The first-order chi connectivity index (χ1) is 5.63. The summed E-state index contributed by atoms with van der Waals surface area (Å²) in [5.74, 6) is 0.263. The van der Waals surface area contributed by atoms with E-state index < -0.39 is 19.8 Å². The van der Waals surface area contributed by atoms with E-state index in [1.807, 2.05) is 0 Å². The number of carbonyl (C=O) groups excluding carboxylic acids is 1. The van der Waals surface area contributed by atoms with E-state index in [0.717, 1.165) is 0 Å². The predicted molar refractivity (Wildman–Crippen MR) is 42.7 cm³/mol. The zero-order chi connectivity index (χ0) is 9.14. The Hall–Kier alpha value is -0.991. The van der Waals surface area contributed by atoms with Gasteiger partial charge >= 0.3 is 73.7 Å². The summed E-state index contributed by atoms with van der Waals surface area (Å²) in [6.07, 6.45) is 0. The van der Waals surface area contributed by atoms with Gasteiger partial charge in [-0.15, -0.1) is 0 Å². The first-order valence-corrected chi connectivity index (χ1v) is 6.53. The van der Waals surface area contributed by atoms with Crippen molar-refractivity contribution < 1.29 is 13.7 Å². The van der Waals surface area contributed by atoms with Crippen molar-refractivity contribution in [3.8, 4) is 0 Å². The molecule has 4 heteroatoms. The van der Waals surface area contributed by atoms with Crippen molar-refractivity contribution in [3.05, 3.63) is 29.8 Å². The fourth-order valence-electron chi connectivity index (χ4n) is 0.886. The predicted octanol–water partition coefficient (Wildman–Crippen LogP) is -0.691. The Morgan fingerprint density at radius 2 is 2.00 bits per heavy atom. The van der Waals surface area contributed by atoms with Crippen LogP contribution in [-0.2, 0) is 3.83 Å². The second-order valence-corrected chi connectivity index (χ2v) is 5.07. The molecule has 1 aromatic rings. The van der Waals surface area contributed by atoms with E-state index in [1.54, 1.807) is 18.2 Å². The molecule has 0 radical (unpaired) electrons. The molecule has 0 N–H and O–H groups in total. The zero-order valence-corrected chi connectivity index (χ0v) is 8.16. The summed E-state index contributed by atoms with van der Waals surface area (Å²) in [6, 6.07) is 6.22. The molecular weight excluding hydrogens is 223 g/mol. The molecule has 1 atom stereocenters. The minimum atomic E-state index is -2.17. The number of carbonyl (C=O) groups is 1. The van der Waals surface area contributed by atoms with Crippen LogP contribution < -0.4 is 9.57 Å². The molecular formula is C8H7O3Se-. The molecule has 1 aromatic carbocycles. The third kappa shape index (κ3) is 1.78. The molecule has 0 saturated carbocycles. The van der Waals surface area contributed by atoms with Crippen LogP contribution in [0.3, 0.4) is 0 Å². The Morgan fingerprint density at radius 3 is 2.42 bits per heavy atom. The fourth-order valence-corrected chi connectivity index (χ4v) is 2.42. The van der Waals surface area contributed by atoms with Crippen molar-refractivity contribution in [1.29, 1.82) is 0 Å². The third-order valence-corrected chi connectivity index (χ3v) is 3.46. The molecule has 0 aliphatic heterocycles. The van der Waals surface area contributed by atoms with Gasteiger partial charge in [0.25, 0.3) is 0 Å². The summed E-state index contributed by atoms with van der Waals surface area (Å²) >= 11 is -2.17. The van der Waals surface area contributed by atoms with Crippen molar-refractivity contribution in [3.63, 3.8) is 0 Å². The van der Waals surface area contributed by atoms with Crippen LogP contribution in [0.5, 0.6) is 0 Å². The summed E-state index contributed by atoms with van der Waals surface area (Å²) in [5.41, 5.74) is 0.0417. The van der Waals surface area contributed by atoms with Gasteiger partial charge < -0.3 is 0 Å². The van der Waals surface area contributed by atoms with Gasteiger partial charge in [-0.25, -0.2) is 0 Å². The Balaban J connectivity index is 3.27. The van der Waals surface area contributed by atoms with Crippen LogP contribution in [0.15, 0.2) is 24.3 Å². The van der Waals surface area contributed by atoms with E-state index in [9.17, 15) is 13.7 Å². The van der Waals surface area contributed by atoms with Crippen molar-refractivity contribution in [2.75, 3.05) is 0 Å². The molecule has 0 amide bonds. The van der Waals surface area contributed by atoms with Gasteiger partial charge in [-0.1, -0.05) is 0 Å². The second kappa shape index (κ2) is 3.61. The van der Waals surface area contributed by atoms with Crippen molar-refractivity contribution >= 4 is 24.3 Å². The van der Waals surface area contributed by atoms with Crippen LogP contribution in [0.2, 0.25) is 5.82 Å². The molecule has 0 aromatic heterocycles. The van der Waals surface area contributed by atoms with Crippen molar-refractivity contribution in [2.45, 2.75) is 5.82 Å². The summed E-state index contributed by atoms with van der Waals surface area (Å²) in [6.45, 7) is 0. The number of carboxylic acid groups (broad SMARTS) is 1. The van der Waals surface area contributed by atoms with Gasteiger partial charge in [-0.05, 0) is 0 Å². The Bertz CT molecular complexity index is 300. The molecule has 0 bridgehead atoms. The number of hydrogen-bond acceptors (Lipinski definition) is 3. The summed E-state index contributed by atoms with van der Waals surface area (Å²) in [5, 5.41) is 10.5. The van der Waals surface area contributed by atoms with Gasteiger partial charge in [0.05, 0.1) is 0 Å². The molecule has 0 heterocycles. The molecule has 0 spiro atoms. The number of carboxylic acids is 1. The molecule has 64 valence electrons. The molecule has 1 rings (SSSR count). The Morgan fingerprint density at radius 1 is 1.42 bits per heavy atom. The molecule has 1 unspecified atom stereocenters. The third-order valence-electron chi connectivity index (χ3n) is 1.42. The summed E-state index contributed by atoms with van der Waals surface area (Å²) in [4.78, 5) is 10.5. The molecule has 0 saturated heterocycles. The SMILES string of the molecule is C[Se](=O)c1ccccc1C(=O)[O-]. The van der Waals surface area contributed by atoms with E-state index in [2.05, 4.69) is 0 Å².